The van der Waals surface area contributed by atoms with Gasteiger partial charge in [0.25, 0.3) is 5.91 Å². The van der Waals surface area contributed by atoms with Gasteiger partial charge < -0.3 is 15.2 Å². The molecule has 0 saturated heterocycles. The van der Waals surface area contributed by atoms with Crippen LogP contribution in [0.3, 0.4) is 0 Å². The van der Waals surface area contributed by atoms with E-state index in [9.17, 15) is 15.2 Å². The van der Waals surface area contributed by atoms with Gasteiger partial charge in [0.1, 0.15) is 11.6 Å². The largest absolute Gasteiger partial charge is 0.504 e. The van der Waals surface area contributed by atoms with E-state index >= 15 is 0 Å². The van der Waals surface area contributed by atoms with Gasteiger partial charge in [-0.2, -0.15) is 5.26 Å². The molecule has 0 atom stereocenters. The molecular formula is C18H15ClN2O3. The molecule has 0 spiro atoms. The number of carbonyl (C=O) groups excluding carboxylic acids is 1. The number of nitrogens with zero attached hydrogens (tertiary/aromatic N) is 1. The number of anilines is 1. The van der Waals surface area contributed by atoms with Gasteiger partial charge in [-0.1, -0.05) is 17.7 Å². The molecule has 24 heavy (non-hydrogen) atoms. The zero-order valence-electron chi connectivity index (χ0n) is 12.9. The summed E-state index contributed by atoms with van der Waals surface area (Å²) in [6.45, 7) is 2.19. The summed E-state index contributed by atoms with van der Waals surface area (Å²) in [7, 11) is 0. The van der Waals surface area contributed by atoms with Crippen LogP contribution in [0.1, 0.15) is 12.5 Å². The number of rotatable bonds is 5. The van der Waals surface area contributed by atoms with E-state index in [4.69, 9.17) is 16.3 Å². The van der Waals surface area contributed by atoms with Crippen molar-refractivity contribution in [1.82, 2.24) is 0 Å². The van der Waals surface area contributed by atoms with E-state index in [1.807, 2.05) is 6.07 Å². The van der Waals surface area contributed by atoms with Gasteiger partial charge in [-0.25, -0.2) is 0 Å². The Bertz CT molecular complexity index is 808. The third-order valence-corrected chi connectivity index (χ3v) is 3.31. The summed E-state index contributed by atoms with van der Waals surface area (Å²) in [4.78, 5) is 12.2. The lowest BCUT2D eigenvalue weighted by molar-refractivity contribution is -0.112. The lowest BCUT2D eigenvalue weighted by Crippen LogP contribution is -2.13. The smallest absolute Gasteiger partial charge is 0.266 e. The summed E-state index contributed by atoms with van der Waals surface area (Å²) in [5.74, 6) is -0.245. The van der Waals surface area contributed by atoms with E-state index in [0.717, 1.165) is 0 Å². The van der Waals surface area contributed by atoms with Gasteiger partial charge in [0, 0.05) is 10.7 Å². The van der Waals surface area contributed by atoms with Gasteiger partial charge in [-0.15, -0.1) is 0 Å². The Morgan fingerprint density at radius 3 is 2.67 bits per heavy atom. The van der Waals surface area contributed by atoms with Crippen LogP contribution in [-0.2, 0) is 4.79 Å². The highest BCUT2D eigenvalue weighted by atomic mass is 35.5. The Morgan fingerprint density at radius 1 is 1.33 bits per heavy atom. The molecule has 0 aliphatic carbocycles. The first-order chi connectivity index (χ1) is 11.5. The summed E-state index contributed by atoms with van der Waals surface area (Å²) in [5.41, 5.74) is 1.03. The average molecular weight is 343 g/mol. The van der Waals surface area contributed by atoms with Gasteiger partial charge in [0.2, 0.25) is 0 Å². The van der Waals surface area contributed by atoms with Crippen molar-refractivity contribution in [3.8, 4) is 17.6 Å². The number of phenols is 1. The highest BCUT2D eigenvalue weighted by Gasteiger charge is 2.10. The van der Waals surface area contributed by atoms with E-state index in [1.165, 1.54) is 12.1 Å². The Balaban J connectivity index is 2.22. The highest BCUT2D eigenvalue weighted by Crippen LogP contribution is 2.27. The fourth-order valence-corrected chi connectivity index (χ4v) is 2.06. The minimum atomic E-state index is -0.536. The monoisotopic (exact) mass is 342 g/mol. The molecule has 0 radical (unpaired) electrons. The molecule has 2 aromatic rings. The highest BCUT2D eigenvalue weighted by molar-refractivity contribution is 6.30. The lowest BCUT2D eigenvalue weighted by atomic mass is 10.1. The van der Waals surface area contributed by atoms with E-state index in [0.29, 0.717) is 28.6 Å². The standard InChI is InChI=1S/C18H15ClN2O3/c1-2-24-17-10-12(3-8-16(17)22)9-13(11-20)18(23)21-15-6-4-14(19)5-7-15/h3-10,22H,2H2,1H3,(H,21,23)/b13-9-. The number of amides is 1. The third-order valence-electron chi connectivity index (χ3n) is 3.06. The summed E-state index contributed by atoms with van der Waals surface area (Å²) in [6, 6.07) is 13.0. The van der Waals surface area contributed by atoms with E-state index in [2.05, 4.69) is 5.32 Å². The van der Waals surface area contributed by atoms with Crippen LogP contribution in [0.15, 0.2) is 48.0 Å². The number of nitriles is 1. The van der Waals surface area contributed by atoms with Gasteiger partial charge in [-0.05, 0) is 55.0 Å². The number of nitrogens with one attached hydrogen (secondary N) is 1. The Labute approximate surface area is 144 Å². The van der Waals surface area contributed by atoms with Crippen LogP contribution in [0.4, 0.5) is 5.69 Å². The van der Waals surface area contributed by atoms with E-state index in [-0.39, 0.29) is 11.3 Å². The number of carbonyl (C=O) groups is 1. The molecule has 6 heteroatoms. The fraction of sp³-hybridized carbons (Fsp3) is 0.111. The van der Waals surface area contributed by atoms with Crippen LogP contribution in [-0.4, -0.2) is 17.6 Å². The molecule has 2 N–H and O–H groups in total. The number of ether oxygens (including phenoxy) is 1. The average Bonchev–Trinajstić information content (AvgIpc) is 2.57. The van der Waals surface area contributed by atoms with Crippen LogP contribution in [0.5, 0.6) is 11.5 Å². The molecule has 0 aliphatic heterocycles. The van der Waals surface area contributed by atoms with Crippen molar-refractivity contribution in [1.29, 1.82) is 5.26 Å². The zero-order valence-corrected chi connectivity index (χ0v) is 13.7. The van der Waals surface area contributed by atoms with Crippen molar-refractivity contribution in [2.24, 2.45) is 0 Å². The quantitative estimate of drug-likeness (QED) is 0.635. The number of hydrogen-bond donors (Lipinski definition) is 2. The minimum Gasteiger partial charge on any atom is -0.504 e. The summed E-state index contributed by atoms with van der Waals surface area (Å²) in [6.07, 6.45) is 1.42. The molecule has 0 fully saturated rings. The van der Waals surface area contributed by atoms with Crippen LogP contribution in [0.25, 0.3) is 6.08 Å². The second-order valence-electron chi connectivity index (χ2n) is 4.79. The lowest BCUT2D eigenvalue weighted by Gasteiger charge is -2.07. The van der Waals surface area contributed by atoms with Crippen molar-refractivity contribution >= 4 is 29.3 Å². The van der Waals surface area contributed by atoms with Crippen molar-refractivity contribution in [3.63, 3.8) is 0 Å². The van der Waals surface area contributed by atoms with E-state index in [1.54, 1.807) is 43.3 Å². The molecule has 122 valence electrons. The first kappa shape index (κ1) is 17.4. The topological polar surface area (TPSA) is 82.3 Å². The minimum absolute atomic E-state index is 0.00174. The fourth-order valence-electron chi connectivity index (χ4n) is 1.94. The van der Waals surface area contributed by atoms with Crippen LogP contribution < -0.4 is 10.1 Å². The van der Waals surface area contributed by atoms with E-state index < -0.39 is 5.91 Å². The number of phenolic OH excluding ortho intramolecular Hbond substituents is 1. The zero-order chi connectivity index (χ0) is 17.5. The number of benzene rings is 2. The molecule has 2 rings (SSSR count). The molecular weight excluding hydrogens is 328 g/mol. The molecule has 5 nitrogen and oxygen atoms in total. The predicted octanol–water partition coefficient (Wildman–Crippen LogP) is 3.99. The molecule has 2 aromatic carbocycles. The Hall–Kier alpha value is -2.97. The summed E-state index contributed by atoms with van der Waals surface area (Å²) in [5, 5.41) is 22.1. The summed E-state index contributed by atoms with van der Waals surface area (Å²) < 4.78 is 5.28. The number of hydrogen-bond acceptors (Lipinski definition) is 4. The normalized spacial score (nSPS) is 10.8. The van der Waals surface area contributed by atoms with Gasteiger partial charge >= 0.3 is 0 Å². The van der Waals surface area contributed by atoms with Gasteiger partial charge in [0.05, 0.1) is 6.61 Å². The second kappa shape index (κ2) is 8.04. The molecule has 0 aliphatic rings. The van der Waals surface area contributed by atoms with Crippen molar-refractivity contribution in [2.75, 3.05) is 11.9 Å². The maximum atomic E-state index is 12.2. The third kappa shape index (κ3) is 4.51. The van der Waals surface area contributed by atoms with Crippen molar-refractivity contribution < 1.29 is 14.6 Å². The van der Waals surface area contributed by atoms with Crippen LogP contribution in [0, 0.1) is 11.3 Å². The molecule has 0 bridgehead atoms. The predicted molar refractivity (Wildman–Crippen MR) is 92.9 cm³/mol. The number of aromatic hydroxyl groups is 1. The SMILES string of the molecule is CCOc1cc(/C=C(/C#N)C(=O)Nc2ccc(Cl)cc2)ccc1O. The first-order valence-electron chi connectivity index (χ1n) is 7.18. The first-order valence-corrected chi connectivity index (χ1v) is 7.55. The Morgan fingerprint density at radius 2 is 2.04 bits per heavy atom. The maximum absolute atomic E-state index is 12.2. The van der Waals surface area contributed by atoms with Crippen LogP contribution in [0.2, 0.25) is 5.02 Å². The van der Waals surface area contributed by atoms with Crippen LogP contribution >= 0.6 is 11.6 Å². The van der Waals surface area contributed by atoms with Gasteiger partial charge in [-0.3, -0.25) is 4.79 Å². The maximum Gasteiger partial charge on any atom is 0.266 e. The molecule has 0 aromatic heterocycles. The van der Waals surface area contributed by atoms with Crippen molar-refractivity contribution in [3.05, 3.63) is 58.6 Å². The Kier molecular flexibility index (Phi) is 5.83. The second-order valence-corrected chi connectivity index (χ2v) is 5.23. The van der Waals surface area contributed by atoms with Crippen molar-refractivity contribution in [2.45, 2.75) is 6.92 Å². The molecule has 1 amide bonds. The number of halogens is 1. The van der Waals surface area contributed by atoms with Gasteiger partial charge in [0.15, 0.2) is 11.5 Å². The molecule has 0 heterocycles. The molecule has 0 unspecified atom stereocenters. The summed E-state index contributed by atoms with van der Waals surface area (Å²) >= 11 is 5.79. The molecule has 0 saturated carbocycles.